The number of hydrogen-bond donors (Lipinski definition) is 2. The van der Waals surface area contributed by atoms with E-state index >= 15 is 0 Å². The lowest BCUT2D eigenvalue weighted by Crippen LogP contribution is -1.96. The van der Waals surface area contributed by atoms with Crippen LogP contribution in [-0.2, 0) is 12.8 Å². The highest BCUT2D eigenvalue weighted by molar-refractivity contribution is 5.48. The van der Waals surface area contributed by atoms with Gasteiger partial charge in [-0.2, -0.15) is 5.10 Å². The van der Waals surface area contributed by atoms with E-state index in [-0.39, 0.29) is 0 Å². The molecule has 60 valence electrons. The largest absolute Gasteiger partial charge is 0.371 e. The third kappa shape index (κ3) is 0.914. The number of hydrogen-bond acceptors (Lipinski definition) is 2. The van der Waals surface area contributed by atoms with E-state index in [4.69, 9.17) is 0 Å². The normalized spacial score (nSPS) is 21.8. The molecule has 11 heavy (non-hydrogen) atoms. The van der Waals surface area contributed by atoms with Gasteiger partial charge >= 0.3 is 0 Å². The molecule has 0 amide bonds. The second kappa shape index (κ2) is 2.26. The average molecular weight is 151 g/mol. The van der Waals surface area contributed by atoms with Gasteiger partial charge in [-0.1, -0.05) is 6.92 Å². The topological polar surface area (TPSA) is 40.7 Å². The zero-order valence-corrected chi connectivity index (χ0v) is 6.94. The third-order valence-electron chi connectivity index (χ3n) is 2.29. The molecule has 1 atom stereocenters. The summed E-state index contributed by atoms with van der Waals surface area (Å²) in [5.41, 5.74) is 2.71. The van der Waals surface area contributed by atoms with Gasteiger partial charge in [0.15, 0.2) is 5.82 Å². The molecule has 1 heterocycles. The molecule has 1 aliphatic carbocycles. The van der Waals surface area contributed by atoms with E-state index in [0.29, 0.717) is 0 Å². The number of anilines is 1. The molecule has 0 spiro atoms. The number of H-pyrrole nitrogens is 1. The van der Waals surface area contributed by atoms with Crippen LogP contribution in [0, 0.1) is 5.92 Å². The summed E-state index contributed by atoms with van der Waals surface area (Å²) in [5.74, 6) is 1.82. The molecule has 0 fully saturated rings. The van der Waals surface area contributed by atoms with Crippen molar-refractivity contribution in [2.75, 3.05) is 12.4 Å². The van der Waals surface area contributed by atoms with Gasteiger partial charge in [-0.05, 0) is 18.8 Å². The van der Waals surface area contributed by atoms with Gasteiger partial charge in [0.25, 0.3) is 0 Å². The van der Waals surface area contributed by atoms with Gasteiger partial charge in [0.05, 0.1) is 0 Å². The number of rotatable bonds is 1. The van der Waals surface area contributed by atoms with Crippen molar-refractivity contribution < 1.29 is 0 Å². The van der Waals surface area contributed by atoms with E-state index in [1.165, 1.54) is 17.7 Å². The zero-order chi connectivity index (χ0) is 7.84. The number of aromatic amines is 1. The van der Waals surface area contributed by atoms with Crippen molar-refractivity contribution in [3.63, 3.8) is 0 Å². The van der Waals surface area contributed by atoms with Gasteiger partial charge in [0.1, 0.15) is 0 Å². The number of nitrogens with one attached hydrogen (secondary N) is 2. The number of fused-ring (bicyclic) bond motifs is 1. The standard InChI is InChI=1S/C8H13N3/c1-5-3-6-7(4-5)10-11-8(6)9-2/h5H,3-4H2,1-2H3,(H2,9,10,11). The lowest BCUT2D eigenvalue weighted by Gasteiger charge is -1.98. The highest BCUT2D eigenvalue weighted by Crippen LogP contribution is 2.29. The van der Waals surface area contributed by atoms with E-state index in [9.17, 15) is 0 Å². The molecule has 2 rings (SSSR count). The van der Waals surface area contributed by atoms with E-state index in [0.717, 1.165) is 18.2 Å². The summed E-state index contributed by atoms with van der Waals surface area (Å²) < 4.78 is 0. The molecule has 0 aliphatic heterocycles. The minimum absolute atomic E-state index is 0.784. The van der Waals surface area contributed by atoms with Crippen LogP contribution in [0.2, 0.25) is 0 Å². The monoisotopic (exact) mass is 151 g/mol. The smallest absolute Gasteiger partial charge is 0.151 e. The van der Waals surface area contributed by atoms with Crippen molar-refractivity contribution in [1.29, 1.82) is 0 Å². The van der Waals surface area contributed by atoms with E-state index < -0.39 is 0 Å². The maximum absolute atomic E-state index is 4.15. The molecule has 2 N–H and O–H groups in total. The summed E-state index contributed by atoms with van der Waals surface area (Å²) in [7, 11) is 1.92. The SMILES string of the molecule is CNc1n[nH]c2c1CC(C)C2. The second-order valence-electron chi connectivity index (χ2n) is 3.29. The molecule has 3 nitrogen and oxygen atoms in total. The Bertz CT molecular complexity index is 264. The van der Waals surface area contributed by atoms with Crippen LogP contribution in [0.1, 0.15) is 18.2 Å². The Labute approximate surface area is 66.2 Å². The highest BCUT2D eigenvalue weighted by atomic mass is 15.2. The van der Waals surface area contributed by atoms with Crippen LogP contribution >= 0.6 is 0 Å². The minimum atomic E-state index is 0.784. The van der Waals surface area contributed by atoms with Crippen molar-refractivity contribution in [1.82, 2.24) is 10.2 Å². The van der Waals surface area contributed by atoms with Crippen molar-refractivity contribution >= 4 is 5.82 Å². The van der Waals surface area contributed by atoms with Crippen LogP contribution in [-0.4, -0.2) is 17.2 Å². The average Bonchev–Trinajstić information content (AvgIpc) is 2.45. The first kappa shape index (κ1) is 6.70. The Balaban J connectivity index is 2.37. The lowest BCUT2D eigenvalue weighted by atomic mass is 10.1. The first-order valence-corrected chi connectivity index (χ1v) is 4.05. The molecule has 0 saturated carbocycles. The van der Waals surface area contributed by atoms with E-state index in [2.05, 4.69) is 22.4 Å². The van der Waals surface area contributed by atoms with E-state index in [1.807, 2.05) is 7.05 Å². The first-order chi connectivity index (χ1) is 5.31. The van der Waals surface area contributed by atoms with Gasteiger partial charge < -0.3 is 5.32 Å². The highest BCUT2D eigenvalue weighted by Gasteiger charge is 2.22. The second-order valence-corrected chi connectivity index (χ2v) is 3.29. The minimum Gasteiger partial charge on any atom is -0.371 e. The molecular formula is C8H13N3. The summed E-state index contributed by atoms with van der Waals surface area (Å²) in [4.78, 5) is 0. The molecule has 0 bridgehead atoms. The summed E-state index contributed by atoms with van der Waals surface area (Å²) in [6.45, 7) is 2.27. The van der Waals surface area contributed by atoms with Crippen molar-refractivity contribution in [2.45, 2.75) is 19.8 Å². The molecule has 1 aromatic heterocycles. The molecule has 1 aliphatic rings. The van der Waals surface area contributed by atoms with E-state index in [1.54, 1.807) is 0 Å². The van der Waals surface area contributed by atoms with Crippen molar-refractivity contribution in [2.24, 2.45) is 5.92 Å². The fourth-order valence-electron chi connectivity index (χ4n) is 1.77. The van der Waals surface area contributed by atoms with Crippen molar-refractivity contribution in [3.8, 4) is 0 Å². The van der Waals surface area contributed by atoms with Crippen LogP contribution in [0.3, 0.4) is 0 Å². The predicted octanol–water partition coefficient (Wildman–Crippen LogP) is 1.19. The molecular weight excluding hydrogens is 138 g/mol. The molecule has 1 aromatic rings. The molecule has 0 radical (unpaired) electrons. The van der Waals surface area contributed by atoms with Gasteiger partial charge in [-0.3, -0.25) is 5.10 Å². The van der Waals surface area contributed by atoms with Gasteiger partial charge in [0, 0.05) is 18.3 Å². The zero-order valence-electron chi connectivity index (χ0n) is 6.94. The van der Waals surface area contributed by atoms with Gasteiger partial charge in [0.2, 0.25) is 0 Å². The third-order valence-corrected chi connectivity index (χ3v) is 2.29. The molecule has 3 heteroatoms. The van der Waals surface area contributed by atoms with Crippen LogP contribution in [0.5, 0.6) is 0 Å². The van der Waals surface area contributed by atoms with Crippen LogP contribution in [0.25, 0.3) is 0 Å². The maximum atomic E-state index is 4.15. The van der Waals surface area contributed by atoms with Gasteiger partial charge in [-0.15, -0.1) is 0 Å². The summed E-state index contributed by atoms with van der Waals surface area (Å²) in [5, 5.41) is 10.3. The Kier molecular flexibility index (Phi) is 1.37. The maximum Gasteiger partial charge on any atom is 0.151 e. The first-order valence-electron chi connectivity index (χ1n) is 4.05. The Morgan fingerprint density at radius 3 is 3.09 bits per heavy atom. The Morgan fingerprint density at radius 2 is 2.36 bits per heavy atom. The molecule has 1 unspecified atom stereocenters. The Morgan fingerprint density at radius 1 is 1.55 bits per heavy atom. The number of aromatic nitrogens is 2. The summed E-state index contributed by atoms with van der Waals surface area (Å²) >= 11 is 0. The quantitative estimate of drug-likeness (QED) is 0.633. The lowest BCUT2D eigenvalue weighted by molar-refractivity contribution is 0.617. The molecule has 0 aromatic carbocycles. The van der Waals surface area contributed by atoms with Crippen LogP contribution < -0.4 is 5.32 Å². The predicted molar refractivity (Wildman–Crippen MR) is 44.7 cm³/mol. The van der Waals surface area contributed by atoms with Gasteiger partial charge in [-0.25, -0.2) is 0 Å². The van der Waals surface area contributed by atoms with Crippen LogP contribution in [0.15, 0.2) is 0 Å². The fraction of sp³-hybridized carbons (Fsp3) is 0.625. The van der Waals surface area contributed by atoms with Crippen LogP contribution in [0.4, 0.5) is 5.82 Å². The number of nitrogens with zero attached hydrogens (tertiary/aromatic N) is 1. The molecule has 0 saturated heterocycles. The Hall–Kier alpha value is -0.990. The fourth-order valence-corrected chi connectivity index (χ4v) is 1.77. The summed E-state index contributed by atoms with van der Waals surface area (Å²) in [6, 6.07) is 0. The van der Waals surface area contributed by atoms with Crippen molar-refractivity contribution in [3.05, 3.63) is 11.3 Å². The summed E-state index contributed by atoms with van der Waals surface area (Å²) in [6.07, 6.45) is 2.33.